The molecule has 1 saturated heterocycles. The first kappa shape index (κ1) is 25.1. The van der Waals surface area contributed by atoms with Crippen molar-refractivity contribution in [2.24, 2.45) is 11.7 Å². The van der Waals surface area contributed by atoms with Crippen molar-refractivity contribution in [2.45, 2.75) is 46.2 Å². The van der Waals surface area contributed by atoms with Gasteiger partial charge in [-0.1, -0.05) is 29.8 Å². The highest BCUT2D eigenvalue weighted by atomic mass is 35.5. The van der Waals surface area contributed by atoms with Crippen LogP contribution in [0.2, 0.25) is 0 Å². The van der Waals surface area contributed by atoms with E-state index in [2.05, 4.69) is 57.1 Å². The fourth-order valence-electron chi connectivity index (χ4n) is 4.20. The average molecular weight is 464 g/mol. The van der Waals surface area contributed by atoms with Gasteiger partial charge in [0.2, 0.25) is 0 Å². The van der Waals surface area contributed by atoms with E-state index in [0.29, 0.717) is 24.6 Å². The topological polar surface area (TPSA) is 77.0 Å². The van der Waals surface area contributed by atoms with Gasteiger partial charge in [-0.2, -0.15) is 5.10 Å². The lowest BCUT2D eigenvalue weighted by molar-refractivity contribution is 0.0745. The van der Waals surface area contributed by atoms with Crippen LogP contribution in [0, 0.1) is 12.8 Å². The molecule has 3 heterocycles. The lowest BCUT2D eigenvalue weighted by Gasteiger charge is -2.22. The lowest BCUT2D eigenvalue weighted by Crippen LogP contribution is -2.34. The lowest BCUT2D eigenvalue weighted by atomic mass is 10.0. The molecule has 2 atom stereocenters. The van der Waals surface area contributed by atoms with Crippen LogP contribution in [0.5, 0.6) is 0 Å². The Morgan fingerprint density at radius 2 is 1.90 bits per heavy atom. The Labute approximate surface area is 196 Å². The molecule has 1 amide bonds. The molecule has 3 aromatic rings. The highest BCUT2D eigenvalue weighted by molar-refractivity contribution is 6.06. The van der Waals surface area contributed by atoms with E-state index in [1.807, 2.05) is 15.6 Å². The molecule has 1 aliphatic rings. The third kappa shape index (κ3) is 4.71. The molecule has 1 aromatic carbocycles. The first-order valence-corrected chi connectivity index (χ1v) is 10.4. The molecule has 2 aromatic heterocycles. The summed E-state index contributed by atoms with van der Waals surface area (Å²) in [4.78, 5) is 20.4. The number of fused-ring (bicyclic) bond motifs is 1. The SMILES string of the molecule is Cc1ccc(-c2cc(C(=O)N3CC(CN)CC3C)c3cnn(C(C)C)c3n2)cc1.Cl.Cl. The summed E-state index contributed by atoms with van der Waals surface area (Å²) >= 11 is 0. The summed E-state index contributed by atoms with van der Waals surface area (Å²) < 4.78 is 1.89. The maximum atomic E-state index is 13.6. The number of carbonyl (C=O) groups is 1. The molecule has 0 saturated carbocycles. The predicted octanol–water partition coefficient (Wildman–Crippen LogP) is 4.64. The molecule has 1 fully saturated rings. The normalized spacial score (nSPS) is 18.2. The highest BCUT2D eigenvalue weighted by Crippen LogP contribution is 2.30. The summed E-state index contributed by atoms with van der Waals surface area (Å²) in [6.07, 6.45) is 2.72. The number of nitrogens with zero attached hydrogens (tertiary/aromatic N) is 4. The van der Waals surface area contributed by atoms with Gasteiger partial charge in [-0.15, -0.1) is 24.8 Å². The highest BCUT2D eigenvalue weighted by Gasteiger charge is 2.33. The molecule has 8 heteroatoms. The average Bonchev–Trinajstić information content (AvgIpc) is 3.30. The summed E-state index contributed by atoms with van der Waals surface area (Å²) in [5.41, 5.74) is 10.3. The van der Waals surface area contributed by atoms with Gasteiger partial charge in [0.25, 0.3) is 5.91 Å². The number of pyridine rings is 1. The van der Waals surface area contributed by atoms with Crippen molar-refractivity contribution in [3.63, 3.8) is 0 Å². The first-order chi connectivity index (χ1) is 13.9. The first-order valence-electron chi connectivity index (χ1n) is 10.4. The number of rotatable bonds is 4. The fraction of sp³-hybridized carbons (Fsp3) is 0.435. The van der Waals surface area contributed by atoms with Crippen LogP contribution < -0.4 is 5.73 Å². The van der Waals surface area contributed by atoms with Crippen LogP contribution in [0.3, 0.4) is 0 Å². The van der Waals surface area contributed by atoms with E-state index in [9.17, 15) is 4.79 Å². The van der Waals surface area contributed by atoms with Crippen molar-refractivity contribution < 1.29 is 4.79 Å². The fourth-order valence-corrected chi connectivity index (χ4v) is 4.20. The van der Waals surface area contributed by atoms with Crippen LogP contribution >= 0.6 is 24.8 Å². The van der Waals surface area contributed by atoms with Crippen molar-refractivity contribution in [3.8, 4) is 11.3 Å². The summed E-state index contributed by atoms with van der Waals surface area (Å²) in [5, 5.41) is 5.34. The predicted molar refractivity (Wildman–Crippen MR) is 130 cm³/mol. The van der Waals surface area contributed by atoms with Gasteiger partial charge in [-0.3, -0.25) is 4.79 Å². The zero-order valence-electron chi connectivity index (χ0n) is 18.4. The maximum absolute atomic E-state index is 13.6. The van der Waals surface area contributed by atoms with Gasteiger partial charge in [-0.05, 0) is 52.6 Å². The summed E-state index contributed by atoms with van der Waals surface area (Å²) in [5.74, 6) is 0.402. The molecular weight excluding hydrogens is 433 g/mol. The number of amides is 1. The molecule has 0 radical (unpaired) electrons. The number of benzene rings is 1. The minimum absolute atomic E-state index is 0. The molecule has 6 nitrogen and oxygen atoms in total. The monoisotopic (exact) mass is 463 g/mol. The van der Waals surface area contributed by atoms with Crippen LogP contribution in [0.15, 0.2) is 36.5 Å². The van der Waals surface area contributed by atoms with E-state index >= 15 is 0 Å². The Hall–Kier alpha value is -2.15. The van der Waals surface area contributed by atoms with Crippen molar-refractivity contribution in [3.05, 3.63) is 47.7 Å². The van der Waals surface area contributed by atoms with Gasteiger partial charge in [0, 0.05) is 24.2 Å². The number of hydrogen-bond donors (Lipinski definition) is 1. The van der Waals surface area contributed by atoms with Gasteiger partial charge >= 0.3 is 0 Å². The van der Waals surface area contributed by atoms with E-state index < -0.39 is 0 Å². The molecule has 0 bridgehead atoms. The molecular formula is C23H31Cl2N5O. The minimum atomic E-state index is 0. The van der Waals surface area contributed by atoms with Gasteiger partial charge in [0.15, 0.2) is 5.65 Å². The Kier molecular flexibility index (Phi) is 8.09. The minimum Gasteiger partial charge on any atom is -0.336 e. The van der Waals surface area contributed by atoms with Crippen LogP contribution in [0.1, 0.15) is 49.2 Å². The van der Waals surface area contributed by atoms with Gasteiger partial charge in [0.05, 0.1) is 22.8 Å². The van der Waals surface area contributed by atoms with E-state index in [0.717, 1.165) is 28.7 Å². The Morgan fingerprint density at radius 3 is 2.48 bits per heavy atom. The van der Waals surface area contributed by atoms with E-state index in [4.69, 9.17) is 10.7 Å². The summed E-state index contributed by atoms with van der Waals surface area (Å²) in [7, 11) is 0. The van der Waals surface area contributed by atoms with Crippen molar-refractivity contribution >= 4 is 41.8 Å². The third-order valence-corrected chi connectivity index (χ3v) is 5.89. The molecule has 0 aliphatic carbocycles. The van der Waals surface area contributed by atoms with E-state index in [1.54, 1.807) is 6.20 Å². The van der Waals surface area contributed by atoms with Crippen LogP contribution in [0.4, 0.5) is 0 Å². The Morgan fingerprint density at radius 1 is 1.23 bits per heavy atom. The molecule has 168 valence electrons. The maximum Gasteiger partial charge on any atom is 0.254 e. The molecule has 31 heavy (non-hydrogen) atoms. The number of halogens is 2. The zero-order chi connectivity index (χ0) is 20.7. The molecule has 2 unspecified atom stereocenters. The van der Waals surface area contributed by atoms with E-state index in [1.165, 1.54) is 5.56 Å². The summed E-state index contributed by atoms with van der Waals surface area (Å²) in [6.45, 7) is 9.62. The van der Waals surface area contributed by atoms with Gasteiger partial charge in [-0.25, -0.2) is 9.67 Å². The second kappa shape index (κ2) is 9.98. The summed E-state index contributed by atoms with van der Waals surface area (Å²) in [6, 6.07) is 10.5. The quantitative estimate of drug-likeness (QED) is 0.610. The van der Waals surface area contributed by atoms with E-state index in [-0.39, 0.29) is 42.8 Å². The number of likely N-dealkylation sites (tertiary alicyclic amines) is 1. The largest absolute Gasteiger partial charge is 0.336 e. The third-order valence-electron chi connectivity index (χ3n) is 5.89. The second-order valence-electron chi connectivity index (χ2n) is 8.49. The molecule has 0 spiro atoms. The van der Waals surface area contributed by atoms with Crippen LogP contribution in [-0.4, -0.2) is 44.7 Å². The van der Waals surface area contributed by atoms with Crippen molar-refractivity contribution in [1.29, 1.82) is 0 Å². The number of aryl methyl sites for hydroxylation is 1. The van der Waals surface area contributed by atoms with Crippen LogP contribution in [0.25, 0.3) is 22.3 Å². The van der Waals surface area contributed by atoms with Gasteiger partial charge < -0.3 is 10.6 Å². The Balaban J connectivity index is 0.00000171. The van der Waals surface area contributed by atoms with Crippen molar-refractivity contribution in [1.82, 2.24) is 19.7 Å². The number of nitrogens with two attached hydrogens (primary N) is 1. The second-order valence-corrected chi connectivity index (χ2v) is 8.49. The van der Waals surface area contributed by atoms with Gasteiger partial charge in [0.1, 0.15) is 0 Å². The molecule has 4 rings (SSSR count). The van der Waals surface area contributed by atoms with Crippen LogP contribution in [-0.2, 0) is 0 Å². The number of aromatic nitrogens is 3. The zero-order valence-corrected chi connectivity index (χ0v) is 20.0. The number of carbonyl (C=O) groups excluding carboxylic acids is 1. The van der Waals surface area contributed by atoms with Crippen molar-refractivity contribution in [2.75, 3.05) is 13.1 Å². The smallest absolute Gasteiger partial charge is 0.254 e. The molecule has 1 aliphatic heterocycles. The molecule has 2 N–H and O–H groups in total. The standard InChI is InChI=1S/C23H29N5O.2ClH/c1-14(2)28-22-20(12-25-28)19(23(29)27-13-17(11-24)9-16(27)4)10-21(26-22)18-7-5-15(3)6-8-18;;/h5-8,10,12,14,16-17H,9,11,13,24H2,1-4H3;2*1H. The number of hydrogen-bond acceptors (Lipinski definition) is 4. The Bertz CT molecular complexity index is 1050.